The van der Waals surface area contributed by atoms with Crippen molar-refractivity contribution in [2.24, 2.45) is 0 Å². The molecule has 0 aromatic heterocycles. The molecule has 0 saturated heterocycles. The molecule has 2 aromatic rings. The van der Waals surface area contributed by atoms with Crippen molar-refractivity contribution in [1.82, 2.24) is 0 Å². The van der Waals surface area contributed by atoms with Crippen molar-refractivity contribution in [2.45, 2.75) is 6.18 Å². The highest BCUT2D eigenvalue weighted by Crippen LogP contribution is 2.44. The zero-order chi connectivity index (χ0) is 16.7. The van der Waals surface area contributed by atoms with Crippen LogP contribution in [0.15, 0.2) is 30.3 Å². The summed E-state index contributed by atoms with van der Waals surface area (Å²) < 4.78 is 38.5. The molecular weight excluding hydrogens is 366 g/mol. The number of nitro benzene ring substituents is 1. The van der Waals surface area contributed by atoms with Gasteiger partial charge in [0.1, 0.15) is 0 Å². The molecule has 0 N–H and O–H groups in total. The van der Waals surface area contributed by atoms with Gasteiger partial charge in [0.25, 0.3) is 5.69 Å². The van der Waals surface area contributed by atoms with Crippen LogP contribution >= 0.6 is 34.8 Å². The largest absolute Gasteiger partial charge is 0.416 e. The Labute approximate surface area is 137 Å². The molecule has 0 saturated carbocycles. The first-order valence-corrected chi connectivity index (χ1v) is 6.76. The van der Waals surface area contributed by atoms with E-state index in [0.717, 1.165) is 6.07 Å². The van der Waals surface area contributed by atoms with Crippen molar-refractivity contribution in [3.8, 4) is 11.1 Å². The smallest absolute Gasteiger partial charge is 0.258 e. The Kier molecular flexibility index (Phi) is 4.56. The van der Waals surface area contributed by atoms with Crippen LogP contribution in [0.5, 0.6) is 0 Å². The summed E-state index contributed by atoms with van der Waals surface area (Å²) in [5.41, 5.74) is -2.08. The fourth-order valence-corrected chi connectivity index (χ4v) is 2.58. The molecule has 2 rings (SSSR count). The van der Waals surface area contributed by atoms with Crippen molar-refractivity contribution in [3.05, 3.63) is 61.1 Å². The maximum atomic E-state index is 12.8. The van der Waals surface area contributed by atoms with Crippen molar-refractivity contribution in [1.29, 1.82) is 0 Å². The molecule has 0 bridgehead atoms. The molecule has 0 unspecified atom stereocenters. The average Bonchev–Trinajstić information content (AvgIpc) is 2.42. The molecule has 9 heteroatoms. The molecule has 0 aliphatic carbocycles. The predicted molar refractivity (Wildman–Crippen MR) is 78.6 cm³/mol. The van der Waals surface area contributed by atoms with Crippen molar-refractivity contribution < 1.29 is 18.1 Å². The molecule has 0 atom stereocenters. The lowest BCUT2D eigenvalue weighted by atomic mass is 10.0. The first kappa shape index (κ1) is 16.9. The standard InChI is InChI=1S/C13H5Cl3F3NO2/c14-8-2-3-9(15)12(16)11(8)7-5-6(13(17,18)19)1-4-10(7)20(21)22/h1-5H. The molecule has 2 aromatic carbocycles. The van der Waals surface area contributed by atoms with Crippen LogP contribution in [0.4, 0.5) is 18.9 Å². The van der Waals surface area contributed by atoms with E-state index < -0.39 is 22.4 Å². The van der Waals surface area contributed by atoms with Crippen LogP contribution in [-0.4, -0.2) is 4.92 Å². The van der Waals surface area contributed by atoms with Crippen LogP contribution in [0, 0.1) is 10.1 Å². The van der Waals surface area contributed by atoms with E-state index in [4.69, 9.17) is 34.8 Å². The van der Waals surface area contributed by atoms with Crippen LogP contribution in [0.25, 0.3) is 11.1 Å². The third-order valence-electron chi connectivity index (χ3n) is 2.83. The molecule has 0 spiro atoms. The van der Waals surface area contributed by atoms with Crippen molar-refractivity contribution >= 4 is 40.5 Å². The Morgan fingerprint density at radius 2 is 1.59 bits per heavy atom. The zero-order valence-corrected chi connectivity index (χ0v) is 12.7. The van der Waals surface area contributed by atoms with E-state index >= 15 is 0 Å². The highest BCUT2D eigenvalue weighted by molar-refractivity contribution is 6.46. The minimum Gasteiger partial charge on any atom is -0.258 e. The maximum absolute atomic E-state index is 12.8. The van der Waals surface area contributed by atoms with Gasteiger partial charge in [-0.3, -0.25) is 10.1 Å². The van der Waals surface area contributed by atoms with Gasteiger partial charge in [0.15, 0.2) is 0 Å². The SMILES string of the molecule is O=[N+]([O-])c1ccc(C(F)(F)F)cc1-c1c(Cl)ccc(Cl)c1Cl. The summed E-state index contributed by atoms with van der Waals surface area (Å²) in [5, 5.41) is 10.9. The Hall–Kier alpha value is -1.50. The molecule has 0 aliphatic heterocycles. The maximum Gasteiger partial charge on any atom is 0.416 e. The second-order valence-corrected chi connectivity index (χ2v) is 5.40. The van der Waals surface area contributed by atoms with Gasteiger partial charge in [0.2, 0.25) is 0 Å². The Balaban J connectivity index is 2.83. The number of hydrogen-bond acceptors (Lipinski definition) is 2. The van der Waals surface area contributed by atoms with E-state index in [1.807, 2.05) is 0 Å². The lowest BCUT2D eigenvalue weighted by Crippen LogP contribution is -2.06. The van der Waals surface area contributed by atoms with Gasteiger partial charge in [-0.2, -0.15) is 13.2 Å². The van der Waals surface area contributed by atoms with Crippen LogP contribution in [0.1, 0.15) is 5.56 Å². The lowest BCUT2D eigenvalue weighted by Gasteiger charge is -2.12. The van der Waals surface area contributed by atoms with E-state index in [0.29, 0.717) is 12.1 Å². The molecule has 0 heterocycles. The summed E-state index contributed by atoms with van der Waals surface area (Å²) in [6.07, 6.45) is -4.67. The number of halogens is 6. The topological polar surface area (TPSA) is 43.1 Å². The number of hydrogen-bond donors (Lipinski definition) is 0. The number of nitrogens with zero attached hydrogens (tertiary/aromatic N) is 1. The van der Waals surface area contributed by atoms with Gasteiger partial charge in [-0.05, 0) is 24.3 Å². The zero-order valence-electron chi connectivity index (χ0n) is 10.4. The third-order valence-corrected chi connectivity index (χ3v) is 3.95. The van der Waals surface area contributed by atoms with Gasteiger partial charge in [-0.1, -0.05) is 34.8 Å². The number of nitro groups is 1. The molecule has 116 valence electrons. The third kappa shape index (κ3) is 3.14. The van der Waals surface area contributed by atoms with Crippen LogP contribution in [0.2, 0.25) is 15.1 Å². The monoisotopic (exact) mass is 369 g/mol. The summed E-state index contributed by atoms with van der Waals surface area (Å²) in [4.78, 5) is 10.3. The molecule has 0 radical (unpaired) electrons. The molecule has 0 fully saturated rings. The Morgan fingerprint density at radius 1 is 1.00 bits per heavy atom. The van der Waals surface area contributed by atoms with E-state index in [2.05, 4.69) is 0 Å². The predicted octanol–water partition coefficient (Wildman–Crippen LogP) is 6.24. The second-order valence-electron chi connectivity index (χ2n) is 4.20. The molecule has 0 amide bonds. The minimum absolute atomic E-state index is 0.0211. The summed E-state index contributed by atoms with van der Waals surface area (Å²) in [6.45, 7) is 0. The van der Waals surface area contributed by atoms with Crippen LogP contribution in [0.3, 0.4) is 0 Å². The van der Waals surface area contributed by atoms with Crippen LogP contribution < -0.4 is 0 Å². The van der Waals surface area contributed by atoms with Gasteiger partial charge >= 0.3 is 6.18 Å². The van der Waals surface area contributed by atoms with Crippen molar-refractivity contribution in [2.75, 3.05) is 0 Å². The van der Waals surface area contributed by atoms with E-state index in [-0.39, 0.29) is 26.2 Å². The summed E-state index contributed by atoms with van der Waals surface area (Å²) in [5.74, 6) is 0. The van der Waals surface area contributed by atoms with E-state index in [1.54, 1.807) is 0 Å². The number of benzene rings is 2. The Morgan fingerprint density at radius 3 is 2.14 bits per heavy atom. The first-order valence-electron chi connectivity index (χ1n) is 5.62. The first-order chi connectivity index (χ1) is 10.1. The Bertz CT molecular complexity index is 763. The highest BCUT2D eigenvalue weighted by Gasteiger charge is 2.33. The van der Waals surface area contributed by atoms with Gasteiger partial charge in [-0.15, -0.1) is 0 Å². The lowest BCUT2D eigenvalue weighted by molar-refractivity contribution is -0.384. The van der Waals surface area contributed by atoms with E-state index in [9.17, 15) is 23.3 Å². The highest BCUT2D eigenvalue weighted by atomic mass is 35.5. The minimum atomic E-state index is -4.67. The fraction of sp³-hybridized carbons (Fsp3) is 0.0769. The fourth-order valence-electron chi connectivity index (χ4n) is 1.85. The van der Waals surface area contributed by atoms with Gasteiger partial charge in [0.05, 0.1) is 31.1 Å². The van der Waals surface area contributed by atoms with Gasteiger partial charge < -0.3 is 0 Å². The summed E-state index contributed by atoms with van der Waals surface area (Å²) >= 11 is 17.7. The van der Waals surface area contributed by atoms with E-state index in [1.165, 1.54) is 12.1 Å². The van der Waals surface area contributed by atoms with Gasteiger partial charge in [0, 0.05) is 11.6 Å². The van der Waals surface area contributed by atoms with Crippen LogP contribution in [-0.2, 0) is 6.18 Å². The van der Waals surface area contributed by atoms with Crippen molar-refractivity contribution in [3.63, 3.8) is 0 Å². The average molecular weight is 371 g/mol. The normalized spacial score (nSPS) is 11.5. The number of alkyl halides is 3. The molecular formula is C13H5Cl3F3NO2. The summed E-state index contributed by atoms with van der Waals surface area (Å²) in [6, 6.07) is 4.64. The summed E-state index contributed by atoms with van der Waals surface area (Å²) in [7, 11) is 0. The second kappa shape index (κ2) is 5.95. The molecule has 3 nitrogen and oxygen atoms in total. The number of rotatable bonds is 2. The quantitative estimate of drug-likeness (QED) is 0.357. The molecule has 0 aliphatic rings. The van der Waals surface area contributed by atoms with Gasteiger partial charge in [-0.25, -0.2) is 0 Å². The molecule has 22 heavy (non-hydrogen) atoms.